The summed E-state index contributed by atoms with van der Waals surface area (Å²) in [7, 11) is 1.70. The summed E-state index contributed by atoms with van der Waals surface area (Å²) in [4.78, 5) is 2.40. The first-order chi connectivity index (χ1) is 9.15. The average molecular weight is 265 g/mol. The zero-order chi connectivity index (χ0) is 14.3. The minimum absolute atomic E-state index is 0.121. The van der Waals surface area contributed by atoms with E-state index in [-0.39, 0.29) is 6.04 Å². The molecule has 19 heavy (non-hydrogen) atoms. The zero-order valence-corrected chi connectivity index (χ0v) is 12.6. The fraction of sp³-hybridized carbons (Fsp3) is 0.600. The van der Waals surface area contributed by atoms with Crippen molar-refractivity contribution < 1.29 is 4.74 Å². The van der Waals surface area contributed by atoms with Gasteiger partial charge in [-0.1, -0.05) is 31.5 Å². The molecule has 0 aromatic heterocycles. The number of rotatable bonds is 8. The second-order valence-corrected chi connectivity index (χ2v) is 4.78. The van der Waals surface area contributed by atoms with Gasteiger partial charge in [0, 0.05) is 5.56 Å². The number of ether oxygens (including phenoxy) is 1. The van der Waals surface area contributed by atoms with Crippen molar-refractivity contribution in [1.82, 2.24) is 10.3 Å². The number of aryl methyl sites for hydroxylation is 1. The monoisotopic (exact) mass is 265 g/mol. The van der Waals surface area contributed by atoms with Crippen LogP contribution in [0.5, 0.6) is 5.75 Å². The lowest BCUT2D eigenvalue weighted by Gasteiger charge is -2.24. The zero-order valence-electron chi connectivity index (χ0n) is 12.6. The van der Waals surface area contributed by atoms with E-state index in [4.69, 9.17) is 10.6 Å². The molecule has 1 atom stereocenters. The van der Waals surface area contributed by atoms with Crippen LogP contribution < -0.4 is 16.0 Å². The standard InChI is InChI=1S/C15H27N3O/c1-5-18(6-2)10-9-14(17-16)13-11-12(3)7-8-15(13)19-4/h7-8,11,14,17H,5-6,9-10,16H2,1-4H3. The predicted octanol–water partition coefficient (Wildman–Crippen LogP) is 2.24. The smallest absolute Gasteiger partial charge is 0.123 e. The molecule has 1 aromatic rings. The molecule has 4 nitrogen and oxygen atoms in total. The van der Waals surface area contributed by atoms with E-state index in [9.17, 15) is 0 Å². The molecule has 0 aliphatic rings. The number of nitrogens with one attached hydrogen (secondary N) is 1. The van der Waals surface area contributed by atoms with Crippen molar-refractivity contribution >= 4 is 0 Å². The summed E-state index contributed by atoms with van der Waals surface area (Å²) in [6, 6.07) is 6.33. The van der Waals surface area contributed by atoms with E-state index in [2.05, 4.69) is 43.2 Å². The minimum Gasteiger partial charge on any atom is -0.496 e. The Labute approximate surface area is 116 Å². The number of methoxy groups -OCH3 is 1. The van der Waals surface area contributed by atoms with Crippen molar-refractivity contribution in [3.63, 3.8) is 0 Å². The van der Waals surface area contributed by atoms with Crippen molar-refractivity contribution in [2.24, 2.45) is 5.84 Å². The second kappa shape index (κ2) is 8.15. The molecule has 108 valence electrons. The van der Waals surface area contributed by atoms with Crippen molar-refractivity contribution in [3.8, 4) is 5.75 Å². The highest BCUT2D eigenvalue weighted by Crippen LogP contribution is 2.28. The van der Waals surface area contributed by atoms with E-state index in [1.54, 1.807) is 7.11 Å². The minimum atomic E-state index is 0.121. The third kappa shape index (κ3) is 4.49. The van der Waals surface area contributed by atoms with Crippen LogP contribution in [-0.4, -0.2) is 31.6 Å². The van der Waals surface area contributed by atoms with E-state index < -0.39 is 0 Å². The molecule has 1 aromatic carbocycles. The molecule has 0 heterocycles. The summed E-state index contributed by atoms with van der Waals surface area (Å²) >= 11 is 0. The van der Waals surface area contributed by atoms with Crippen LogP contribution in [0.3, 0.4) is 0 Å². The predicted molar refractivity (Wildman–Crippen MR) is 80.2 cm³/mol. The van der Waals surface area contributed by atoms with E-state index in [1.165, 1.54) is 5.56 Å². The maximum Gasteiger partial charge on any atom is 0.123 e. The first-order valence-corrected chi connectivity index (χ1v) is 6.99. The lowest BCUT2D eigenvalue weighted by atomic mass is 10.0. The summed E-state index contributed by atoms with van der Waals surface area (Å²) in [6.07, 6.45) is 0.970. The Morgan fingerprint density at radius 3 is 2.53 bits per heavy atom. The van der Waals surface area contributed by atoms with Gasteiger partial charge in [-0.05, 0) is 39.0 Å². The van der Waals surface area contributed by atoms with Gasteiger partial charge in [-0.25, -0.2) is 0 Å². The van der Waals surface area contributed by atoms with Gasteiger partial charge in [0.15, 0.2) is 0 Å². The van der Waals surface area contributed by atoms with Crippen LogP contribution in [0.4, 0.5) is 0 Å². The lowest BCUT2D eigenvalue weighted by molar-refractivity contribution is 0.280. The Morgan fingerprint density at radius 2 is 2.00 bits per heavy atom. The second-order valence-electron chi connectivity index (χ2n) is 4.78. The molecule has 0 saturated carbocycles. The number of nitrogens with zero attached hydrogens (tertiary/aromatic N) is 1. The molecule has 0 aliphatic heterocycles. The quantitative estimate of drug-likeness (QED) is 0.559. The number of hydrazine groups is 1. The van der Waals surface area contributed by atoms with Gasteiger partial charge < -0.3 is 9.64 Å². The Kier molecular flexibility index (Phi) is 6.84. The van der Waals surface area contributed by atoms with Crippen molar-refractivity contribution in [2.75, 3.05) is 26.7 Å². The third-order valence-corrected chi connectivity index (χ3v) is 3.59. The highest BCUT2D eigenvalue weighted by Gasteiger charge is 2.15. The van der Waals surface area contributed by atoms with Gasteiger partial charge in [-0.15, -0.1) is 0 Å². The Hall–Kier alpha value is -1.10. The molecule has 0 amide bonds. The van der Waals surface area contributed by atoms with Crippen molar-refractivity contribution in [1.29, 1.82) is 0 Å². The van der Waals surface area contributed by atoms with Gasteiger partial charge >= 0.3 is 0 Å². The summed E-state index contributed by atoms with van der Waals surface area (Å²) in [5.74, 6) is 6.62. The average Bonchev–Trinajstić information content (AvgIpc) is 2.44. The first-order valence-electron chi connectivity index (χ1n) is 6.99. The Balaban J connectivity index is 2.81. The van der Waals surface area contributed by atoms with E-state index >= 15 is 0 Å². The molecule has 0 radical (unpaired) electrons. The van der Waals surface area contributed by atoms with Gasteiger partial charge in [-0.2, -0.15) is 0 Å². The van der Waals surface area contributed by atoms with Gasteiger partial charge in [0.2, 0.25) is 0 Å². The Bertz CT molecular complexity index is 378. The van der Waals surface area contributed by atoms with Crippen LogP contribution in [0.1, 0.15) is 37.4 Å². The SMILES string of the molecule is CCN(CC)CCC(NN)c1cc(C)ccc1OC. The number of hydrogen-bond donors (Lipinski definition) is 2. The molecule has 4 heteroatoms. The molecule has 0 saturated heterocycles. The van der Waals surface area contributed by atoms with Crippen LogP contribution in [-0.2, 0) is 0 Å². The first kappa shape index (κ1) is 16.0. The van der Waals surface area contributed by atoms with E-state index in [0.717, 1.165) is 37.4 Å². The summed E-state index contributed by atoms with van der Waals surface area (Å²) in [5, 5.41) is 0. The molecule has 0 fully saturated rings. The molecular weight excluding hydrogens is 238 g/mol. The maximum absolute atomic E-state index is 5.72. The molecule has 3 N–H and O–H groups in total. The fourth-order valence-electron chi connectivity index (χ4n) is 2.31. The molecule has 1 rings (SSSR count). The lowest BCUT2D eigenvalue weighted by Crippen LogP contribution is -2.33. The van der Waals surface area contributed by atoms with Crippen LogP contribution >= 0.6 is 0 Å². The number of benzene rings is 1. The topological polar surface area (TPSA) is 50.5 Å². The summed E-state index contributed by atoms with van der Waals surface area (Å²) in [6.45, 7) is 9.61. The van der Waals surface area contributed by atoms with Crippen molar-refractivity contribution in [2.45, 2.75) is 33.2 Å². The highest BCUT2D eigenvalue weighted by atomic mass is 16.5. The number of nitrogens with two attached hydrogens (primary N) is 1. The molecule has 0 spiro atoms. The maximum atomic E-state index is 5.72. The van der Waals surface area contributed by atoms with Gasteiger partial charge in [-0.3, -0.25) is 11.3 Å². The molecule has 1 unspecified atom stereocenters. The van der Waals surface area contributed by atoms with Crippen molar-refractivity contribution in [3.05, 3.63) is 29.3 Å². The highest BCUT2D eigenvalue weighted by molar-refractivity contribution is 5.39. The molecule has 0 aliphatic carbocycles. The summed E-state index contributed by atoms with van der Waals surface area (Å²) in [5.41, 5.74) is 5.27. The van der Waals surface area contributed by atoms with Gasteiger partial charge in [0.25, 0.3) is 0 Å². The Morgan fingerprint density at radius 1 is 1.32 bits per heavy atom. The van der Waals surface area contributed by atoms with Gasteiger partial charge in [0.05, 0.1) is 13.2 Å². The van der Waals surface area contributed by atoms with Crippen LogP contribution in [0.25, 0.3) is 0 Å². The van der Waals surface area contributed by atoms with Gasteiger partial charge in [0.1, 0.15) is 5.75 Å². The molecular formula is C15H27N3O. The van der Waals surface area contributed by atoms with E-state index in [0.29, 0.717) is 0 Å². The largest absolute Gasteiger partial charge is 0.496 e. The van der Waals surface area contributed by atoms with Crippen LogP contribution in [0, 0.1) is 6.92 Å². The van der Waals surface area contributed by atoms with E-state index in [1.807, 2.05) is 6.07 Å². The van der Waals surface area contributed by atoms with Crippen LogP contribution in [0.2, 0.25) is 0 Å². The fourth-order valence-corrected chi connectivity index (χ4v) is 2.31. The summed E-state index contributed by atoms with van der Waals surface area (Å²) < 4.78 is 5.43. The third-order valence-electron chi connectivity index (χ3n) is 3.59. The molecule has 0 bridgehead atoms. The van der Waals surface area contributed by atoms with Crippen LogP contribution in [0.15, 0.2) is 18.2 Å². The normalized spacial score (nSPS) is 12.7. The number of hydrogen-bond acceptors (Lipinski definition) is 4.